The molecule has 8 nitrogen and oxygen atoms in total. The number of hydrogen-bond acceptors (Lipinski definition) is 7. The lowest BCUT2D eigenvalue weighted by Crippen LogP contribution is -2.36. The Morgan fingerprint density at radius 3 is 2.69 bits per heavy atom. The molecule has 1 aromatic carbocycles. The van der Waals surface area contributed by atoms with Gasteiger partial charge in [0.2, 0.25) is 0 Å². The van der Waals surface area contributed by atoms with E-state index >= 15 is 0 Å². The van der Waals surface area contributed by atoms with Crippen LogP contribution in [-0.2, 0) is 11.3 Å². The molecule has 2 aromatic heterocycles. The molecule has 0 spiro atoms. The van der Waals surface area contributed by atoms with Crippen molar-refractivity contribution >= 4 is 23.1 Å². The molecular weight excluding hydrogens is 368 g/mol. The average Bonchev–Trinajstić information content (AvgIpc) is 2.79. The summed E-state index contributed by atoms with van der Waals surface area (Å²) in [5.41, 5.74) is 2.91. The maximum absolute atomic E-state index is 12.8. The molecule has 3 heterocycles. The molecule has 2 N–H and O–H groups in total. The van der Waals surface area contributed by atoms with Gasteiger partial charge in [-0.15, -0.1) is 0 Å². The number of amides is 1. The van der Waals surface area contributed by atoms with E-state index < -0.39 is 0 Å². The van der Waals surface area contributed by atoms with Gasteiger partial charge in [-0.05, 0) is 24.3 Å². The minimum absolute atomic E-state index is 0.283. The molecule has 1 fully saturated rings. The molecule has 1 aliphatic rings. The molecule has 0 bridgehead atoms. The Kier molecular flexibility index (Phi) is 5.92. The highest BCUT2D eigenvalue weighted by Gasteiger charge is 2.17. The quantitative estimate of drug-likeness (QED) is 0.668. The molecule has 29 heavy (non-hydrogen) atoms. The van der Waals surface area contributed by atoms with Crippen LogP contribution in [0.2, 0.25) is 0 Å². The van der Waals surface area contributed by atoms with Crippen molar-refractivity contribution in [3.05, 3.63) is 72.4 Å². The van der Waals surface area contributed by atoms with Crippen LogP contribution in [-0.4, -0.2) is 47.2 Å². The second-order valence-corrected chi connectivity index (χ2v) is 6.53. The number of anilines is 3. The summed E-state index contributed by atoms with van der Waals surface area (Å²) >= 11 is 0. The lowest BCUT2D eigenvalue weighted by molar-refractivity contribution is 0.102. The predicted molar refractivity (Wildman–Crippen MR) is 111 cm³/mol. The number of nitrogens with one attached hydrogen (secondary N) is 2. The van der Waals surface area contributed by atoms with Crippen LogP contribution in [0.1, 0.15) is 16.2 Å². The standard InChI is InChI=1S/C21H22N6O2/c28-21(26-17-6-1-2-7-19(17)27-9-11-29-12-10-27)18-13-20(25-15-24-18)23-14-16-5-3-4-8-22-16/h1-8,13,15H,9-12,14H2,(H,26,28)(H,23,24,25). The molecule has 1 amide bonds. The number of aromatic nitrogens is 3. The van der Waals surface area contributed by atoms with Gasteiger partial charge in [-0.3, -0.25) is 9.78 Å². The first-order valence-corrected chi connectivity index (χ1v) is 9.48. The van der Waals surface area contributed by atoms with Crippen molar-refractivity contribution in [2.24, 2.45) is 0 Å². The summed E-state index contributed by atoms with van der Waals surface area (Å²) < 4.78 is 5.42. The second-order valence-electron chi connectivity index (χ2n) is 6.53. The Morgan fingerprint density at radius 1 is 1.03 bits per heavy atom. The van der Waals surface area contributed by atoms with Crippen LogP contribution in [0.3, 0.4) is 0 Å². The molecule has 8 heteroatoms. The maximum atomic E-state index is 12.8. The zero-order valence-electron chi connectivity index (χ0n) is 15.9. The van der Waals surface area contributed by atoms with Crippen molar-refractivity contribution in [3.63, 3.8) is 0 Å². The largest absolute Gasteiger partial charge is 0.378 e. The number of benzene rings is 1. The van der Waals surface area contributed by atoms with Gasteiger partial charge in [0.1, 0.15) is 17.8 Å². The fourth-order valence-corrected chi connectivity index (χ4v) is 3.11. The van der Waals surface area contributed by atoms with Gasteiger partial charge in [0.15, 0.2) is 0 Å². The van der Waals surface area contributed by atoms with E-state index in [1.165, 1.54) is 6.33 Å². The van der Waals surface area contributed by atoms with E-state index in [1.54, 1.807) is 12.3 Å². The molecule has 0 atom stereocenters. The Labute approximate surface area is 169 Å². The van der Waals surface area contributed by atoms with Gasteiger partial charge >= 0.3 is 0 Å². The molecule has 3 aromatic rings. The molecule has 148 valence electrons. The van der Waals surface area contributed by atoms with Crippen LogP contribution in [0.25, 0.3) is 0 Å². The molecule has 1 saturated heterocycles. The predicted octanol–water partition coefficient (Wildman–Crippen LogP) is 2.57. The number of carbonyl (C=O) groups excluding carboxylic acids is 1. The van der Waals surface area contributed by atoms with Gasteiger partial charge in [0.25, 0.3) is 5.91 Å². The topological polar surface area (TPSA) is 92.3 Å². The molecule has 0 unspecified atom stereocenters. The van der Waals surface area contributed by atoms with Crippen molar-refractivity contribution in [2.75, 3.05) is 41.8 Å². The van der Waals surface area contributed by atoms with Crippen LogP contribution in [0.15, 0.2) is 61.1 Å². The number of morpholine rings is 1. The molecule has 4 rings (SSSR count). The third kappa shape index (κ3) is 4.85. The van der Waals surface area contributed by atoms with E-state index in [2.05, 4.69) is 30.5 Å². The lowest BCUT2D eigenvalue weighted by Gasteiger charge is -2.30. The van der Waals surface area contributed by atoms with Crippen molar-refractivity contribution in [2.45, 2.75) is 6.54 Å². The van der Waals surface area contributed by atoms with Crippen molar-refractivity contribution in [3.8, 4) is 0 Å². The first-order valence-electron chi connectivity index (χ1n) is 9.48. The monoisotopic (exact) mass is 390 g/mol. The first-order chi connectivity index (χ1) is 14.3. The minimum Gasteiger partial charge on any atom is -0.378 e. The van der Waals surface area contributed by atoms with Crippen LogP contribution in [0.4, 0.5) is 17.2 Å². The van der Waals surface area contributed by atoms with E-state index in [0.29, 0.717) is 31.3 Å². The summed E-state index contributed by atoms with van der Waals surface area (Å²) in [5, 5.41) is 6.14. The molecule has 0 aliphatic carbocycles. The fraction of sp³-hybridized carbons (Fsp3) is 0.238. The Morgan fingerprint density at radius 2 is 1.86 bits per heavy atom. The molecule has 1 aliphatic heterocycles. The SMILES string of the molecule is O=C(Nc1ccccc1N1CCOCC1)c1cc(NCc2ccccn2)ncn1. The van der Waals surface area contributed by atoms with Gasteiger partial charge in [0.05, 0.1) is 36.8 Å². The third-order valence-electron chi connectivity index (χ3n) is 4.58. The summed E-state index contributed by atoms with van der Waals surface area (Å²) in [6, 6.07) is 15.1. The third-order valence-corrected chi connectivity index (χ3v) is 4.58. The van der Waals surface area contributed by atoms with E-state index in [-0.39, 0.29) is 5.91 Å². The van der Waals surface area contributed by atoms with Gasteiger partial charge in [0, 0.05) is 25.4 Å². The van der Waals surface area contributed by atoms with Crippen molar-refractivity contribution < 1.29 is 9.53 Å². The first kappa shape index (κ1) is 18.8. The highest BCUT2D eigenvalue weighted by molar-refractivity contribution is 6.05. The highest BCUT2D eigenvalue weighted by atomic mass is 16.5. The summed E-state index contributed by atoms with van der Waals surface area (Å²) in [7, 11) is 0. The number of pyridine rings is 1. The smallest absolute Gasteiger partial charge is 0.274 e. The molecular formula is C21H22N6O2. The number of ether oxygens (including phenoxy) is 1. The van der Waals surface area contributed by atoms with Gasteiger partial charge in [-0.1, -0.05) is 18.2 Å². The van der Waals surface area contributed by atoms with Gasteiger partial charge in [-0.2, -0.15) is 0 Å². The Bertz CT molecular complexity index is 960. The van der Waals surface area contributed by atoms with Crippen molar-refractivity contribution in [1.82, 2.24) is 15.0 Å². The average molecular weight is 390 g/mol. The summed E-state index contributed by atoms with van der Waals surface area (Å²) in [4.78, 5) is 27.6. The number of hydrogen-bond donors (Lipinski definition) is 2. The molecule has 0 saturated carbocycles. The van der Waals surface area contributed by atoms with Crippen LogP contribution in [0, 0.1) is 0 Å². The normalized spacial score (nSPS) is 13.7. The van der Waals surface area contributed by atoms with E-state index in [4.69, 9.17) is 4.74 Å². The second kappa shape index (κ2) is 9.11. The van der Waals surface area contributed by atoms with Crippen LogP contribution < -0.4 is 15.5 Å². The number of carbonyl (C=O) groups is 1. The zero-order valence-corrected chi connectivity index (χ0v) is 15.9. The van der Waals surface area contributed by atoms with Crippen molar-refractivity contribution in [1.29, 1.82) is 0 Å². The maximum Gasteiger partial charge on any atom is 0.274 e. The highest BCUT2D eigenvalue weighted by Crippen LogP contribution is 2.26. The number of para-hydroxylation sites is 2. The Hall–Kier alpha value is -3.52. The minimum atomic E-state index is -0.283. The number of rotatable bonds is 6. The lowest BCUT2D eigenvalue weighted by atomic mass is 10.2. The van der Waals surface area contributed by atoms with Gasteiger partial charge < -0.3 is 20.3 Å². The zero-order chi connectivity index (χ0) is 19.9. The van der Waals surface area contributed by atoms with E-state index in [0.717, 1.165) is 30.2 Å². The Balaban J connectivity index is 1.45. The van der Waals surface area contributed by atoms with Crippen LogP contribution in [0.5, 0.6) is 0 Å². The van der Waals surface area contributed by atoms with Gasteiger partial charge in [-0.25, -0.2) is 9.97 Å². The molecule has 0 radical (unpaired) electrons. The summed E-state index contributed by atoms with van der Waals surface area (Å²) in [6.07, 6.45) is 3.12. The number of nitrogens with zero attached hydrogens (tertiary/aromatic N) is 4. The van der Waals surface area contributed by atoms with Crippen LogP contribution >= 0.6 is 0 Å². The summed E-state index contributed by atoms with van der Waals surface area (Å²) in [5.74, 6) is 0.284. The van der Waals surface area contributed by atoms with E-state index in [1.807, 2.05) is 42.5 Å². The fourth-order valence-electron chi connectivity index (χ4n) is 3.11. The van der Waals surface area contributed by atoms with E-state index in [9.17, 15) is 4.79 Å². The summed E-state index contributed by atoms with van der Waals surface area (Å²) in [6.45, 7) is 3.46.